The lowest BCUT2D eigenvalue weighted by atomic mass is 10.1. The van der Waals surface area contributed by atoms with Crippen molar-refractivity contribution in [2.75, 3.05) is 10.6 Å². The number of benzene rings is 2. The highest BCUT2D eigenvalue weighted by Crippen LogP contribution is 2.38. The van der Waals surface area contributed by atoms with Crippen LogP contribution < -0.4 is 16.0 Å². The van der Waals surface area contributed by atoms with Gasteiger partial charge in [-0.1, -0.05) is 18.2 Å². The van der Waals surface area contributed by atoms with Crippen molar-refractivity contribution in [2.24, 2.45) is 9.98 Å². The molecule has 8 heteroatoms. The monoisotopic (exact) mass is 449 g/mol. The van der Waals surface area contributed by atoms with Crippen LogP contribution in [-0.4, -0.2) is 35.4 Å². The second-order valence-corrected chi connectivity index (χ2v) is 9.74. The van der Waals surface area contributed by atoms with Crippen molar-refractivity contribution in [3.63, 3.8) is 0 Å². The van der Waals surface area contributed by atoms with Crippen LogP contribution >= 0.6 is 11.6 Å². The number of alkyl halides is 1. The highest BCUT2D eigenvalue weighted by molar-refractivity contribution is 6.46. The highest BCUT2D eigenvalue weighted by atomic mass is 35.5. The minimum Gasteiger partial charge on any atom is -0.443 e. The number of aryl methyl sites for hydroxylation is 1. The molecule has 7 nitrogen and oxygen atoms in total. The standard InChI is InChI=1S/C24H24ClN5O2/c1-24(25)12-26-22(30-21(24)28-18-7-3-5-13-4-2-6-16(13)18)27-15-9-8-14-10-19-20(17(14)11-15)29-23(31)32-19/h3,5,7-9,11-12,19-20,22,27H,2,4,6,10H2,1H3,(H,28,30)(H,29,31)/t19-,20+,22?,24?/m0/s1. The molecular formula is C24H24ClN5O2. The van der Waals surface area contributed by atoms with E-state index in [1.807, 2.05) is 19.1 Å². The van der Waals surface area contributed by atoms with Crippen LogP contribution in [0.15, 0.2) is 46.4 Å². The van der Waals surface area contributed by atoms with E-state index in [4.69, 9.17) is 21.3 Å². The number of aliphatic imine (C=N–C) groups is 2. The smallest absolute Gasteiger partial charge is 0.408 e. The number of ether oxygens (including phenoxy) is 1. The van der Waals surface area contributed by atoms with E-state index in [-0.39, 0.29) is 18.2 Å². The van der Waals surface area contributed by atoms with Crippen molar-refractivity contribution in [3.05, 3.63) is 58.7 Å². The Balaban J connectivity index is 1.24. The predicted octanol–water partition coefficient (Wildman–Crippen LogP) is 4.17. The first-order valence-electron chi connectivity index (χ1n) is 11.0. The van der Waals surface area contributed by atoms with Crippen molar-refractivity contribution >= 4 is 41.1 Å². The van der Waals surface area contributed by atoms with Gasteiger partial charge in [-0.15, -0.1) is 11.6 Å². The van der Waals surface area contributed by atoms with Crippen molar-refractivity contribution in [1.29, 1.82) is 0 Å². The lowest BCUT2D eigenvalue weighted by molar-refractivity contribution is 0.136. The Morgan fingerprint density at radius 3 is 3.03 bits per heavy atom. The first-order chi connectivity index (χ1) is 15.5. The second kappa shape index (κ2) is 7.24. The molecule has 2 aliphatic carbocycles. The Kier molecular flexibility index (Phi) is 4.43. The zero-order valence-electron chi connectivity index (χ0n) is 17.7. The van der Waals surface area contributed by atoms with Crippen LogP contribution in [0.5, 0.6) is 0 Å². The molecule has 0 radical (unpaired) electrons. The fourth-order valence-corrected chi connectivity index (χ4v) is 5.22. The fraction of sp³-hybridized carbons (Fsp3) is 0.375. The molecule has 4 aliphatic rings. The van der Waals surface area contributed by atoms with Gasteiger partial charge < -0.3 is 20.7 Å². The molecule has 1 amide bonds. The number of halogens is 1. The van der Waals surface area contributed by atoms with E-state index in [0.29, 0.717) is 5.84 Å². The number of carbonyl (C=O) groups excluding carboxylic acids is 1. The largest absolute Gasteiger partial charge is 0.443 e. The molecule has 2 unspecified atom stereocenters. The third kappa shape index (κ3) is 3.32. The van der Waals surface area contributed by atoms with Crippen LogP contribution in [0.1, 0.15) is 41.6 Å². The summed E-state index contributed by atoms with van der Waals surface area (Å²) in [5.74, 6) is 0.671. The summed E-state index contributed by atoms with van der Waals surface area (Å²) in [7, 11) is 0. The topological polar surface area (TPSA) is 87.1 Å². The van der Waals surface area contributed by atoms with Crippen molar-refractivity contribution < 1.29 is 9.53 Å². The number of carbonyl (C=O) groups is 1. The summed E-state index contributed by atoms with van der Waals surface area (Å²) >= 11 is 6.73. The molecule has 4 atom stereocenters. The number of hydrogen-bond donors (Lipinski definition) is 3. The lowest BCUT2D eigenvalue weighted by Crippen LogP contribution is -2.42. The quantitative estimate of drug-likeness (QED) is 0.614. The molecule has 2 aromatic rings. The minimum absolute atomic E-state index is 0.0962. The van der Waals surface area contributed by atoms with Crippen LogP contribution in [0.25, 0.3) is 0 Å². The third-order valence-electron chi connectivity index (χ3n) is 6.67. The fourth-order valence-electron chi connectivity index (χ4n) is 5.06. The summed E-state index contributed by atoms with van der Waals surface area (Å²) in [4.78, 5) is 20.1. The molecule has 0 bridgehead atoms. The maximum Gasteiger partial charge on any atom is 0.408 e. The van der Waals surface area contributed by atoms with Gasteiger partial charge in [-0.2, -0.15) is 0 Å². The summed E-state index contributed by atoms with van der Waals surface area (Å²) in [5.41, 5.74) is 6.97. The zero-order valence-corrected chi connectivity index (χ0v) is 18.4. The van der Waals surface area contributed by atoms with Crippen LogP contribution in [0.3, 0.4) is 0 Å². The molecule has 0 saturated carbocycles. The van der Waals surface area contributed by atoms with E-state index in [1.165, 1.54) is 23.1 Å². The Morgan fingerprint density at radius 1 is 1.22 bits per heavy atom. The zero-order chi connectivity index (χ0) is 21.9. The van der Waals surface area contributed by atoms with Crippen LogP contribution in [-0.2, 0) is 24.0 Å². The van der Waals surface area contributed by atoms with Crippen molar-refractivity contribution in [2.45, 2.75) is 55.9 Å². The van der Waals surface area contributed by atoms with Crippen LogP contribution in [0.2, 0.25) is 0 Å². The summed E-state index contributed by atoms with van der Waals surface area (Å²) in [6, 6.07) is 12.4. The van der Waals surface area contributed by atoms with Gasteiger partial charge in [0.1, 0.15) is 16.8 Å². The van der Waals surface area contributed by atoms with E-state index in [0.717, 1.165) is 36.2 Å². The Labute approximate surface area is 191 Å². The average Bonchev–Trinajstić information content (AvgIpc) is 3.45. The van der Waals surface area contributed by atoms with E-state index in [9.17, 15) is 4.79 Å². The lowest BCUT2D eigenvalue weighted by Gasteiger charge is -2.28. The number of hydrogen-bond acceptors (Lipinski definition) is 6. The Hall–Kier alpha value is -3.06. The molecule has 0 aromatic heterocycles. The third-order valence-corrected chi connectivity index (χ3v) is 6.95. The summed E-state index contributed by atoms with van der Waals surface area (Å²) in [5, 5.41) is 9.75. The second-order valence-electron chi connectivity index (χ2n) is 8.95. The molecule has 0 spiro atoms. The van der Waals surface area contributed by atoms with Crippen molar-refractivity contribution in [3.8, 4) is 0 Å². The van der Waals surface area contributed by atoms with E-state index >= 15 is 0 Å². The normalized spacial score (nSPS) is 29.5. The first kappa shape index (κ1) is 19.6. The Bertz CT molecular complexity index is 1170. The number of amidine groups is 1. The van der Waals surface area contributed by atoms with E-state index in [2.05, 4.69) is 45.2 Å². The SMILES string of the molecule is CC1(Cl)C=NC(Nc2ccc3c(c2)[C@H]2NC(=O)O[C@H]2C3)N=C1Nc1cccc2c1CCC2. The molecule has 164 valence electrons. The van der Waals surface area contributed by atoms with Gasteiger partial charge in [0.2, 0.25) is 6.29 Å². The van der Waals surface area contributed by atoms with E-state index in [1.54, 1.807) is 6.21 Å². The first-order valence-corrected chi connectivity index (χ1v) is 11.4. The maximum absolute atomic E-state index is 11.6. The molecule has 32 heavy (non-hydrogen) atoms. The minimum atomic E-state index is -0.809. The van der Waals surface area contributed by atoms with Gasteiger partial charge >= 0.3 is 6.09 Å². The maximum atomic E-state index is 11.6. The van der Waals surface area contributed by atoms with Gasteiger partial charge in [0, 0.05) is 24.0 Å². The Morgan fingerprint density at radius 2 is 2.12 bits per heavy atom. The average molecular weight is 450 g/mol. The number of nitrogens with one attached hydrogen (secondary N) is 3. The molecule has 2 heterocycles. The van der Waals surface area contributed by atoms with Gasteiger partial charge in [0.15, 0.2) is 0 Å². The molecule has 3 N–H and O–H groups in total. The number of fused-ring (bicyclic) bond motifs is 4. The summed E-state index contributed by atoms with van der Waals surface area (Å²) in [6.07, 6.45) is 4.86. The van der Waals surface area contributed by atoms with Crippen molar-refractivity contribution in [1.82, 2.24) is 5.32 Å². The number of amides is 1. The van der Waals surface area contributed by atoms with Gasteiger partial charge in [-0.3, -0.25) is 0 Å². The predicted molar refractivity (Wildman–Crippen MR) is 126 cm³/mol. The van der Waals surface area contributed by atoms with Gasteiger partial charge in [-0.25, -0.2) is 14.8 Å². The summed E-state index contributed by atoms with van der Waals surface area (Å²) in [6.45, 7) is 1.89. The van der Waals surface area contributed by atoms with Gasteiger partial charge in [0.25, 0.3) is 0 Å². The van der Waals surface area contributed by atoms with Crippen LogP contribution in [0.4, 0.5) is 16.2 Å². The molecule has 2 aliphatic heterocycles. The van der Waals surface area contributed by atoms with Gasteiger partial charge in [-0.05, 0) is 66.6 Å². The molecule has 2 aromatic carbocycles. The number of nitrogens with zero attached hydrogens (tertiary/aromatic N) is 2. The molecular weight excluding hydrogens is 426 g/mol. The van der Waals surface area contributed by atoms with Gasteiger partial charge in [0.05, 0.1) is 6.04 Å². The molecule has 6 rings (SSSR count). The number of alkyl carbamates (subject to hydrolysis) is 1. The highest BCUT2D eigenvalue weighted by Gasteiger charge is 2.41. The number of rotatable bonds is 3. The van der Waals surface area contributed by atoms with Crippen LogP contribution in [0, 0.1) is 0 Å². The van der Waals surface area contributed by atoms with E-state index < -0.39 is 11.2 Å². The molecule has 1 fully saturated rings. The molecule has 1 saturated heterocycles. The summed E-state index contributed by atoms with van der Waals surface area (Å²) < 4.78 is 5.34. The number of anilines is 2.